The molecule has 2 N–H and O–H groups in total. The summed E-state index contributed by atoms with van der Waals surface area (Å²) in [5.41, 5.74) is 11.3. The second-order valence-electron chi connectivity index (χ2n) is 4.23. The van der Waals surface area contributed by atoms with Crippen molar-refractivity contribution in [2.75, 3.05) is 0 Å². The number of hydrogen-bond donors (Lipinski definition) is 1. The van der Waals surface area contributed by atoms with Crippen molar-refractivity contribution in [3.8, 4) is 5.69 Å². The Morgan fingerprint density at radius 1 is 1.29 bits per heavy atom. The first-order valence-electron chi connectivity index (χ1n) is 5.56. The van der Waals surface area contributed by atoms with Crippen LogP contribution in [0.4, 0.5) is 0 Å². The van der Waals surface area contributed by atoms with E-state index in [9.17, 15) is 0 Å². The summed E-state index contributed by atoms with van der Waals surface area (Å²) < 4.78 is 3.00. The molecule has 90 valence electrons. The quantitative estimate of drug-likeness (QED) is 0.925. The monoisotopic (exact) mass is 293 g/mol. The number of nitrogens with two attached hydrogens (primary N) is 1. The minimum atomic E-state index is 0.521. The van der Waals surface area contributed by atoms with Gasteiger partial charge in [-0.1, -0.05) is 17.7 Å². The smallest absolute Gasteiger partial charge is 0.0743 e. The van der Waals surface area contributed by atoms with Gasteiger partial charge in [-0.2, -0.15) is 5.10 Å². The van der Waals surface area contributed by atoms with Crippen LogP contribution >= 0.6 is 15.9 Å². The number of benzene rings is 1. The van der Waals surface area contributed by atoms with E-state index >= 15 is 0 Å². The Bertz CT molecular complexity index is 558. The normalized spacial score (nSPS) is 10.9. The molecule has 0 atom stereocenters. The average Bonchev–Trinajstić information content (AvgIpc) is 2.57. The molecule has 0 aliphatic rings. The van der Waals surface area contributed by atoms with Crippen LogP contribution in [0, 0.1) is 20.8 Å². The molecule has 1 heterocycles. The summed E-state index contributed by atoms with van der Waals surface area (Å²) in [6.07, 6.45) is 0. The summed E-state index contributed by atoms with van der Waals surface area (Å²) in [7, 11) is 0. The van der Waals surface area contributed by atoms with Crippen LogP contribution in [0.1, 0.15) is 22.5 Å². The number of halogens is 1. The van der Waals surface area contributed by atoms with Crippen molar-refractivity contribution < 1.29 is 0 Å². The highest BCUT2D eigenvalue weighted by molar-refractivity contribution is 9.10. The molecule has 0 aliphatic carbocycles. The van der Waals surface area contributed by atoms with Crippen molar-refractivity contribution in [2.45, 2.75) is 27.3 Å². The third kappa shape index (κ3) is 2.15. The standard InChI is InChI=1S/C13H16BrN3/c1-8-4-5-12(11(6-8)7-15)17-10(3)13(14)9(2)16-17/h4-6H,7,15H2,1-3H3. The van der Waals surface area contributed by atoms with Gasteiger partial charge in [0.15, 0.2) is 0 Å². The highest BCUT2D eigenvalue weighted by atomic mass is 79.9. The maximum atomic E-state index is 5.80. The number of aryl methyl sites for hydroxylation is 2. The van der Waals surface area contributed by atoms with Gasteiger partial charge in [0.1, 0.15) is 0 Å². The summed E-state index contributed by atoms with van der Waals surface area (Å²) in [4.78, 5) is 0. The van der Waals surface area contributed by atoms with Crippen LogP contribution in [-0.2, 0) is 6.54 Å². The van der Waals surface area contributed by atoms with Gasteiger partial charge in [-0.3, -0.25) is 0 Å². The molecule has 2 aromatic rings. The van der Waals surface area contributed by atoms with Crippen LogP contribution in [0.25, 0.3) is 5.69 Å². The maximum absolute atomic E-state index is 5.80. The van der Waals surface area contributed by atoms with Crippen molar-refractivity contribution >= 4 is 15.9 Å². The van der Waals surface area contributed by atoms with Crippen molar-refractivity contribution in [1.29, 1.82) is 0 Å². The maximum Gasteiger partial charge on any atom is 0.0743 e. The number of hydrogen-bond acceptors (Lipinski definition) is 2. The fourth-order valence-corrected chi connectivity index (χ4v) is 2.19. The molecule has 0 saturated heterocycles. The molecule has 0 spiro atoms. The Morgan fingerprint density at radius 2 is 2.00 bits per heavy atom. The molecule has 0 bridgehead atoms. The van der Waals surface area contributed by atoms with E-state index in [-0.39, 0.29) is 0 Å². The third-order valence-corrected chi connectivity index (χ3v) is 4.03. The fourth-order valence-electron chi connectivity index (χ4n) is 1.94. The first-order valence-corrected chi connectivity index (χ1v) is 6.35. The second kappa shape index (κ2) is 4.63. The summed E-state index contributed by atoms with van der Waals surface area (Å²) in [5.74, 6) is 0. The molecule has 0 radical (unpaired) electrons. The van der Waals surface area contributed by atoms with Crippen LogP contribution in [0.2, 0.25) is 0 Å². The lowest BCUT2D eigenvalue weighted by molar-refractivity contribution is 0.817. The minimum absolute atomic E-state index is 0.521. The Kier molecular flexibility index (Phi) is 3.35. The lowest BCUT2D eigenvalue weighted by Gasteiger charge is -2.10. The molecule has 1 aromatic heterocycles. The topological polar surface area (TPSA) is 43.8 Å². The van der Waals surface area contributed by atoms with Gasteiger partial charge in [0, 0.05) is 6.54 Å². The van der Waals surface area contributed by atoms with Crippen molar-refractivity contribution in [3.05, 3.63) is 45.2 Å². The lowest BCUT2D eigenvalue weighted by atomic mass is 10.1. The molecule has 0 unspecified atom stereocenters. The van der Waals surface area contributed by atoms with Crippen molar-refractivity contribution in [1.82, 2.24) is 9.78 Å². The molecule has 0 fully saturated rings. The zero-order valence-corrected chi connectivity index (χ0v) is 11.9. The molecule has 0 aliphatic heterocycles. The van der Waals surface area contributed by atoms with Gasteiger partial charge < -0.3 is 5.73 Å². The zero-order chi connectivity index (χ0) is 12.6. The van der Waals surface area contributed by atoms with Gasteiger partial charge in [0.25, 0.3) is 0 Å². The molecular weight excluding hydrogens is 278 g/mol. The predicted molar refractivity (Wildman–Crippen MR) is 73.4 cm³/mol. The summed E-state index contributed by atoms with van der Waals surface area (Å²) in [5, 5.41) is 4.53. The fraction of sp³-hybridized carbons (Fsp3) is 0.308. The molecular formula is C13H16BrN3. The van der Waals surface area contributed by atoms with E-state index in [1.165, 1.54) is 5.56 Å². The van der Waals surface area contributed by atoms with Crippen LogP contribution in [0.3, 0.4) is 0 Å². The summed E-state index contributed by atoms with van der Waals surface area (Å²) >= 11 is 3.54. The zero-order valence-electron chi connectivity index (χ0n) is 10.3. The Hall–Kier alpha value is -1.13. The Labute approximate surface area is 110 Å². The number of aromatic nitrogens is 2. The number of nitrogens with zero attached hydrogens (tertiary/aromatic N) is 2. The second-order valence-corrected chi connectivity index (χ2v) is 5.03. The van der Waals surface area contributed by atoms with Crippen LogP contribution in [0.5, 0.6) is 0 Å². The predicted octanol–water partition coefficient (Wildman–Crippen LogP) is 3.02. The van der Waals surface area contributed by atoms with E-state index in [0.717, 1.165) is 27.1 Å². The van der Waals surface area contributed by atoms with E-state index in [1.54, 1.807) is 0 Å². The summed E-state index contributed by atoms with van der Waals surface area (Å²) in [6.45, 7) is 6.63. The van der Waals surface area contributed by atoms with E-state index in [4.69, 9.17) is 5.73 Å². The van der Waals surface area contributed by atoms with Crippen LogP contribution in [-0.4, -0.2) is 9.78 Å². The molecule has 4 heteroatoms. The average molecular weight is 294 g/mol. The van der Waals surface area contributed by atoms with E-state index in [1.807, 2.05) is 18.5 Å². The van der Waals surface area contributed by atoms with E-state index < -0.39 is 0 Å². The minimum Gasteiger partial charge on any atom is -0.326 e. The SMILES string of the molecule is Cc1ccc(-n2nc(C)c(Br)c2C)c(CN)c1. The van der Waals surface area contributed by atoms with Crippen LogP contribution < -0.4 is 5.73 Å². The lowest BCUT2D eigenvalue weighted by Crippen LogP contribution is -2.07. The highest BCUT2D eigenvalue weighted by Crippen LogP contribution is 2.25. The van der Waals surface area contributed by atoms with E-state index in [2.05, 4.69) is 46.2 Å². The summed E-state index contributed by atoms with van der Waals surface area (Å²) in [6, 6.07) is 6.27. The highest BCUT2D eigenvalue weighted by Gasteiger charge is 2.12. The molecule has 0 saturated carbocycles. The van der Waals surface area contributed by atoms with Gasteiger partial charge in [0.2, 0.25) is 0 Å². The molecule has 3 nitrogen and oxygen atoms in total. The molecule has 0 amide bonds. The van der Waals surface area contributed by atoms with Gasteiger partial charge >= 0.3 is 0 Å². The first-order chi connectivity index (χ1) is 8.04. The van der Waals surface area contributed by atoms with Gasteiger partial charge in [0.05, 0.1) is 21.5 Å². The van der Waals surface area contributed by atoms with Crippen molar-refractivity contribution in [3.63, 3.8) is 0 Å². The van der Waals surface area contributed by atoms with Crippen molar-refractivity contribution in [2.24, 2.45) is 5.73 Å². The van der Waals surface area contributed by atoms with E-state index in [0.29, 0.717) is 6.54 Å². The van der Waals surface area contributed by atoms with Gasteiger partial charge in [-0.25, -0.2) is 4.68 Å². The van der Waals surface area contributed by atoms with Gasteiger partial charge in [-0.15, -0.1) is 0 Å². The molecule has 2 rings (SSSR count). The first kappa shape index (κ1) is 12.3. The van der Waals surface area contributed by atoms with Crippen LogP contribution in [0.15, 0.2) is 22.7 Å². The third-order valence-electron chi connectivity index (χ3n) is 2.89. The Morgan fingerprint density at radius 3 is 2.53 bits per heavy atom. The van der Waals surface area contributed by atoms with Gasteiger partial charge in [-0.05, 0) is 48.3 Å². The number of rotatable bonds is 2. The molecule has 1 aromatic carbocycles. The Balaban J connectivity index is 2.64. The molecule has 17 heavy (non-hydrogen) atoms. The largest absolute Gasteiger partial charge is 0.326 e.